The fourth-order valence-electron chi connectivity index (χ4n) is 5.05. The molecule has 0 aliphatic carbocycles. The predicted octanol–water partition coefficient (Wildman–Crippen LogP) is 2.76. The fraction of sp³-hybridized carbons (Fsp3) is 0.429. The van der Waals surface area contributed by atoms with Crippen molar-refractivity contribution >= 4 is 29.9 Å². The Morgan fingerprint density at radius 3 is 2.82 bits per heavy atom. The molecule has 1 fully saturated rings. The SMILES string of the molecule is Cl.O=C([C@H]1[C@@H]2CNC[C@@H](C2)c2cccc(=O)n21)N1CCc2c(Cl)cccc2C1. The maximum Gasteiger partial charge on any atom is 0.251 e. The zero-order valence-corrected chi connectivity index (χ0v) is 17.0. The summed E-state index contributed by atoms with van der Waals surface area (Å²) in [6.45, 7) is 2.86. The molecule has 1 N–H and O–H groups in total. The standard InChI is InChI=1S/C21H22ClN3O2.ClH/c22-17-4-1-3-13-12-24(8-7-16(13)17)21(27)20-15-9-14(10-23-11-15)18-5-2-6-19(26)25(18)20;/h1-6,14-15,20,23H,7-12H2;1H/t14-,15+,20-;/m1./s1. The summed E-state index contributed by atoms with van der Waals surface area (Å²) < 4.78 is 1.77. The number of hydrogen-bond donors (Lipinski definition) is 1. The molecule has 1 aromatic heterocycles. The Balaban J connectivity index is 0.00000192. The third-order valence-electron chi connectivity index (χ3n) is 6.32. The maximum absolute atomic E-state index is 13.6. The number of carbonyl (C=O) groups is 1. The highest BCUT2D eigenvalue weighted by Gasteiger charge is 2.43. The number of benzene rings is 1. The van der Waals surface area contributed by atoms with E-state index in [1.807, 2.05) is 35.2 Å². The monoisotopic (exact) mass is 419 g/mol. The Morgan fingerprint density at radius 2 is 1.96 bits per heavy atom. The van der Waals surface area contributed by atoms with Crippen LogP contribution in [0.1, 0.15) is 35.2 Å². The van der Waals surface area contributed by atoms with Crippen molar-refractivity contribution in [3.63, 3.8) is 0 Å². The Hall–Kier alpha value is -1.82. The van der Waals surface area contributed by atoms with Crippen LogP contribution in [0, 0.1) is 5.92 Å². The number of piperidine rings is 1. The van der Waals surface area contributed by atoms with E-state index in [-0.39, 0.29) is 29.8 Å². The average Bonchev–Trinajstić information content (AvgIpc) is 2.69. The smallest absolute Gasteiger partial charge is 0.251 e. The molecule has 3 atom stereocenters. The molecule has 0 unspecified atom stereocenters. The Morgan fingerprint density at radius 1 is 1.14 bits per heavy atom. The molecular weight excluding hydrogens is 397 g/mol. The van der Waals surface area contributed by atoms with Gasteiger partial charge in [-0.15, -0.1) is 12.4 Å². The molecule has 2 bridgehead atoms. The minimum Gasteiger partial charge on any atom is -0.336 e. The van der Waals surface area contributed by atoms with Gasteiger partial charge in [0, 0.05) is 54.8 Å². The lowest BCUT2D eigenvalue weighted by molar-refractivity contribution is -0.138. The molecule has 1 aromatic carbocycles. The largest absolute Gasteiger partial charge is 0.336 e. The molecule has 3 aliphatic rings. The van der Waals surface area contributed by atoms with Gasteiger partial charge in [-0.25, -0.2) is 0 Å². The fourth-order valence-corrected chi connectivity index (χ4v) is 5.34. The van der Waals surface area contributed by atoms with Crippen LogP contribution in [-0.2, 0) is 17.8 Å². The summed E-state index contributed by atoms with van der Waals surface area (Å²) >= 11 is 6.32. The van der Waals surface area contributed by atoms with Crippen LogP contribution >= 0.6 is 24.0 Å². The number of aromatic nitrogens is 1. The molecule has 0 saturated carbocycles. The second-order valence-corrected chi connectivity index (χ2v) is 8.25. The predicted molar refractivity (Wildman–Crippen MR) is 111 cm³/mol. The molecule has 1 amide bonds. The van der Waals surface area contributed by atoms with Crippen molar-refractivity contribution in [3.8, 4) is 0 Å². The summed E-state index contributed by atoms with van der Waals surface area (Å²) in [5.74, 6) is 0.523. The van der Waals surface area contributed by atoms with Gasteiger partial charge in [-0.1, -0.05) is 29.8 Å². The molecular formula is C21H23Cl2N3O2. The molecule has 148 valence electrons. The molecule has 4 heterocycles. The first-order valence-electron chi connectivity index (χ1n) is 9.60. The summed E-state index contributed by atoms with van der Waals surface area (Å²) in [5.41, 5.74) is 3.18. The van der Waals surface area contributed by atoms with Crippen LogP contribution in [0.15, 0.2) is 41.2 Å². The van der Waals surface area contributed by atoms with Crippen molar-refractivity contribution in [2.45, 2.75) is 31.3 Å². The first-order chi connectivity index (χ1) is 13.1. The molecule has 3 aliphatic heterocycles. The van der Waals surface area contributed by atoms with Crippen molar-refractivity contribution in [1.82, 2.24) is 14.8 Å². The summed E-state index contributed by atoms with van der Waals surface area (Å²) in [7, 11) is 0. The number of amides is 1. The van der Waals surface area contributed by atoms with Crippen molar-refractivity contribution in [1.29, 1.82) is 0 Å². The normalized spacial score (nSPS) is 25.3. The van der Waals surface area contributed by atoms with E-state index in [0.29, 0.717) is 19.0 Å². The van der Waals surface area contributed by atoms with E-state index in [9.17, 15) is 9.59 Å². The van der Waals surface area contributed by atoms with Crippen molar-refractivity contribution in [2.75, 3.05) is 19.6 Å². The maximum atomic E-state index is 13.6. The number of fused-ring (bicyclic) bond motifs is 5. The van der Waals surface area contributed by atoms with Gasteiger partial charge in [-0.05, 0) is 36.1 Å². The number of carbonyl (C=O) groups excluding carboxylic acids is 1. The zero-order valence-electron chi connectivity index (χ0n) is 15.4. The zero-order chi connectivity index (χ0) is 18.5. The van der Waals surface area contributed by atoms with Gasteiger partial charge < -0.3 is 10.2 Å². The van der Waals surface area contributed by atoms with Crippen LogP contribution in [0.5, 0.6) is 0 Å². The van der Waals surface area contributed by atoms with Crippen molar-refractivity contribution < 1.29 is 4.79 Å². The summed E-state index contributed by atoms with van der Waals surface area (Å²) in [5, 5.41) is 4.23. The van der Waals surface area contributed by atoms with Crippen LogP contribution in [0.4, 0.5) is 0 Å². The minimum absolute atomic E-state index is 0. The van der Waals surface area contributed by atoms with Crippen molar-refractivity contribution in [2.24, 2.45) is 5.92 Å². The third kappa shape index (κ3) is 3.06. The van der Waals surface area contributed by atoms with Gasteiger partial charge in [0.25, 0.3) is 5.56 Å². The van der Waals surface area contributed by atoms with Gasteiger partial charge in [-0.3, -0.25) is 14.2 Å². The lowest BCUT2D eigenvalue weighted by Crippen LogP contribution is -2.53. The second kappa shape index (κ2) is 7.54. The molecule has 0 spiro atoms. The highest BCUT2D eigenvalue weighted by molar-refractivity contribution is 6.31. The quantitative estimate of drug-likeness (QED) is 0.772. The molecule has 2 aromatic rings. The summed E-state index contributed by atoms with van der Waals surface area (Å²) in [4.78, 5) is 28.2. The highest BCUT2D eigenvalue weighted by atomic mass is 35.5. The van der Waals surface area contributed by atoms with E-state index in [1.54, 1.807) is 10.6 Å². The Bertz CT molecular complexity index is 974. The average molecular weight is 420 g/mol. The van der Waals surface area contributed by atoms with E-state index in [2.05, 4.69) is 5.32 Å². The van der Waals surface area contributed by atoms with E-state index >= 15 is 0 Å². The van der Waals surface area contributed by atoms with Gasteiger partial charge in [0.2, 0.25) is 5.91 Å². The summed E-state index contributed by atoms with van der Waals surface area (Å²) in [6, 6.07) is 10.8. The van der Waals surface area contributed by atoms with Gasteiger partial charge >= 0.3 is 0 Å². The van der Waals surface area contributed by atoms with Crippen LogP contribution in [0.25, 0.3) is 0 Å². The number of hydrogen-bond acceptors (Lipinski definition) is 3. The molecule has 5 nitrogen and oxygen atoms in total. The van der Waals surface area contributed by atoms with Crippen LogP contribution in [0.3, 0.4) is 0 Å². The van der Waals surface area contributed by atoms with Gasteiger partial charge in [0.05, 0.1) is 0 Å². The van der Waals surface area contributed by atoms with Gasteiger partial charge in [0.15, 0.2) is 0 Å². The molecule has 0 radical (unpaired) electrons. The first-order valence-corrected chi connectivity index (χ1v) is 9.98. The van der Waals surface area contributed by atoms with E-state index < -0.39 is 6.04 Å². The van der Waals surface area contributed by atoms with Crippen LogP contribution in [0.2, 0.25) is 5.02 Å². The molecule has 1 saturated heterocycles. The Labute approximate surface area is 175 Å². The van der Waals surface area contributed by atoms with E-state index in [1.165, 1.54) is 0 Å². The second-order valence-electron chi connectivity index (χ2n) is 7.84. The molecule has 5 rings (SSSR count). The number of halogens is 2. The lowest BCUT2D eigenvalue weighted by atomic mass is 9.78. The van der Waals surface area contributed by atoms with E-state index in [4.69, 9.17) is 11.6 Å². The number of pyridine rings is 1. The van der Waals surface area contributed by atoms with Crippen LogP contribution < -0.4 is 10.9 Å². The molecule has 28 heavy (non-hydrogen) atoms. The van der Waals surface area contributed by atoms with Gasteiger partial charge in [-0.2, -0.15) is 0 Å². The number of rotatable bonds is 1. The third-order valence-corrected chi connectivity index (χ3v) is 6.68. The topological polar surface area (TPSA) is 54.3 Å². The van der Waals surface area contributed by atoms with Gasteiger partial charge in [0.1, 0.15) is 6.04 Å². The molecule has 7 heteroatoms. The van der Waals surface area contributed by atoms with E-state index in [0.717, 1.165) is 47.8 Å². The minimum atomic E-state index is -0.418. The van der Waals surface area contributed by atoms with Crippen molar-refractivity contribution in [3.05, 3.63) is 68.6 Å². The number of nitrogens with zero attached hydrogens (tertiary/aromatic N) is 2. The first kappa shape index (κ1) is 19.5. The summed E-state index contributed by atoms with van der Waals surface area (Å²) in [6.07, 6.45) is 1.72. The lowest BCUT2D eigenvalue weighted by Gasteiger charge is -2.44. The van der Waals surface area contributed by atoms with Crippen LogP contribution in [-0.4, -0.2) is 35.0 Å². The Kier molecular flexibility index (Phi) is 5.25. The highest BCUT2D eigenvalue weighted by Crippen LogP contribution is 2.40. The number of nitrogens with one attached hydrogen (secondary N) is 1.